The zero-order valence-corrected chi connectivity index (χ0v) is 14.4. The monoisotopic (exact) mass is 345 g/mol. The van der Waals surface area contributed by atoms with Crippen molar-refractivity contribution in [2.45, 2.75) is 6.42 Å². The molecule has 0 radical (unpaired) electrons. The highest BCUT2D eigenvalue weighted by Crippen LogP contribution is 2.20. The van der Waals surface area contributed by atoms with Crippen LogP contribution in [-0.4, -0.2) is 18.8 Å². The Morgan fingerprint density at radius 2 is 1.50 bits per heavy atom. The molecular weight excluding hydrogens is 326 g/mol. The van der Waals surface area contributed by atoms with E-state index in [4.69, 9.17) is 4.74 Å². The van der Waals surface area contributed by atoms with Crippen molar-refractivity contribution in [1.29, 1.82) is 0 Å². The van der Waals surface area contributed by atoms with Crippen molar-refractivity contribution in [3.05, 3.63) is 95.6 Å². The quantitative estimate of drug-likeness (QED) is 0.684. The van der Waals surface area contributed by atoms with Crippen LogP contribution in [0.15, 0.2) is 78.9 Å². The Bertz CT molecular complexity index is 902. The zero-order valence-electron chi connectivity index (χ0n) is 14.4. The Morgan fingerprint density at radius 3 is 2.19 bits per heavy atom. The summed E-state index contributed by atoms with van der Waals surface area (Å²) in [5.74, 6) is 0.447. The van der Waals surface area contributed by atoms with Gasteiger partial charge < -0.3 is 10.1 Å². The molecule has 0 saturated carbocycles. The standard InChI is InChI=1S/C22H19NO3/c1-26-18-13-11-16(12-14-18)15-21(24)23-20-10-6-5-9-19(20)22(25)17-7-3-2-4-8-17/h2-14H,15H2,1H3,(H,23,24). The Morgan fingerprint density at radius 1 is 0.846 bits per heavy atom. The smallest absolute Gasteiger partial charge is 0.228 e. The molecule has 0 bridgehead atoms. The van der Waals surface area contributed by atoms with Gasteiger partial charge in [-0.15, -0.1) is 0 Å². The number of para-hydroxylation sites is 1. The second kappa shape index (κ2) is 8.12. The third kappa shape index (κ3) is 4.16. The van der Waals surface area contributed by atoms with Gasteiger partial charge in [0.2, 0.25) is 5.91 Å². The van der Waals surface area contributed by atoms with Gasteiger partial charge in [0.15, 0.2) is 5.78 Å². The van der Waals surface area contributed by atoms with Crippen LogP contribution in [0.2, 0.25) is 0 Å². The molecule has 26 heavy (non-hydrogen) atoms. The molecule has 130 valence electrons. The van der Waals surface area contributed by atoms with Gasteiger partial charge in [0, 0.05) is 11.1 Å². The predicted molar refractivity (Wildman–Crippen MR) is 102 cm³/mol. The third-order valence-electron chi connectivity index (χ3n) is 4.01. The highest BCUT2D eigenvalue weighted by molar-refractivity contribution is 6.13. The van der Waals surface area contributed by atoms with Crippen molar-refractivity contribution in [2.75, 3.05) is 12.4 Å². The van der Waals surface area contributed by atoms with Gasteiger partial charge in [0.1, 0.15) is 5.75 Å². The minimum absolute atomic E-state index is 0.119. The molecule has 0 aliphatic rings. The van der Waals surface area contributed by atoms with E-state index >= 15 is 0 Å². The average molecular weight is 345 g/mol. The van der Waals surface area contributed by atoms with Crippen LogP contribution < -0.4 is 10.1 Å². The fourth-order valence-corrected chi connectivity index (χ4v) is 2.66. The van der Waals surface area contributed by atoms with Crippen molar-refractivity contribution in [3.63, 3.8) is 0 Å². The minimum atomic E-state index is -0.177. The number of amides is 1. The normalized spacial score (nSPS) is 10.2. The van der Waals surface area contributed by atoms with Gasteiger partial charge in [-0.3, -0.25) is 9.59 Å². The highest BCUT2D eigenvalue weighted by atomic mass is 16.5. The average Bonchev–Trinajstić information content (AvgIpc) is 2.69. The van der Waals surface area contributed by atoms with Gasteiger partial charge >= 0.3 is 0 Å². The zero-order chi connectivity index (χ0) is 18.4. The molecule has 1 amide bonds. The maximum absolute atomic E-state index is 12.7. The van der Waals surface area contributed by atoms with Crippen molar-refractivity contribution in [2.24, 2.45) is 0 Å². The number of ether oxygens (including phenoxy) is 1. The highest BCUT2D eigenvalue weighted by Gasteiger charge is 2.15. The third-order valence-corrected chi connectivity index (χ3v) is 4.01. The molecule has 0 saturated heterocycles. The van der Waals surface area contributed by atoms with Crippen molar-refractivity contribution in [3.8, 4) is 5.75 Å². The van der Waals surface area contributed by atoms with Crippen LogP contribution in [0, 0.1) is 0 Å². The summed E-state index contributed by atoms with van der Waals surface area (Å²) in [6.07, 6.45) is 0.220. The van der Waals surface area contributed by atoms with Crippen LogP contribution in [0.4, 0.5) is 5.69 Å². The van der Waals surface area contributed by atoms with Gasteiger partial charge in [-0.05, 0) is 29.8 Å². The van der Waals surface area contributed by atoms with Gasteiger partial charge in [0.05, 0.1) is 19.2 Å². The second-order valence-corrected chi connectivity index (χ2v) is 5.81. The van der Waals surface area contributed by atoms with E-state index in [0.29, 0.717) is 16.8 Å². The number of benzene rings is 3. The van der Waals surface area contributed by atoms with Gasteiger partial charge in [-0.1, -0.05) is 54.6 Å². The summed E-state index contributed by atoms with van der Waals surface area (Å²) >= 11 is 0. The van der Waals surface area contributed by atoms with Crippen LogP contribution in [-0.2, 0) is 11.2 Å². The number of hydrogen-bond donors (Lipinski definition) is 1. The first-order valence-corrected chi connectivity index (χ1v) is 8.29. The van der Waals surface area contributed by atoms with E-state index in [1.54, 1.807) is 43.5 Å². The number of nitrogens with one attached hydrogen (secondary N) is 1. The fourth-order valence-electron chi connectivity index (χ4n) is 2.66. The minimum Gasteiger partial charge on any atom is -0.497 e. The summed E-state index contributed by atoms with van der Waals surface area (Å²) in [5, 5.41) is 2.85. The molecule has 3 rings (SSSR count). The maximum atomic E-state index is 12.7. The van der Waals surface area contributed by atoms with E-state index < -0.39 is 0 Å². The summed E-state index contributed by atoms with van der Waals surface area (Å²) in [6.45, 7) is 0. The van der Waals surface area contributed by atoms with E-state index in [-0.39, 0.29) is 18.1 Å². The molecule has 0 heterocycles. The Hall–Kier alpha value is -3.40. The molecule has 1 N–H and O–H groups in total. The lowest BCUT2D eigenvalue weighted by atomic mass is 10.0. The molecule has 4 heteroatoms. The summed E-state index contributed by atoms with van der Waals surface area (Å²) in [6, 6.07) is 23.4. The largest absolute Gasteiger partial charge is 0.497 e. The van der Waals surface area contributed by atoms with Crippen molar-refractivity contribution < 1.29 is 14.3 Å². The van der Waals surface area contributed by atoms with Gasteiger partial charge in [-0.2, -0.15) is 0 Å². The molecule has 3 aromatic rings. The second-order valence-electron chi connectivity index (χ2n) is 5.81. The van der Waals surface area contributed by atoms with E-state index in [0.717, 1.165) is 11.3 Å². The first kappa shape index (κ1) is 17.4. The van der Waals surface area contributed by atoms with Crippen LogP contribution >= 0.6 is 0 Å². The topological polar surface area (TPSA) is 55.4 Å². The van der Waals surface area contributed by atoms with Crippen molar-refractivity contribution in [1.82, 2.24) is 0 Å². The first-order chi connectivity index (χ1) is 12.7. The number of carbonyl (C=O) groups is 2. The lowest BCUT2D eigenvalue weighted by Crippen LogP contribution is -2.17. The van der Waals surface area contributed by atoms with Crippen LogP contribution in [0.5, 0.6) is 5.75 Å². The van der Waals surface area contributed by atoms with Gasteiger partial charge in [-0.25, -0.2) is 0 Å². The summed E-state index contributed by atoms with van der Waals surface area (Å²) in [5.41, 5.74) is 2.45. The predicted octanol–water partition coefficient (Wildman–Crippen LogP) is 4.11. The number of carbonyl (C=O) groups excluding carboxylic acids is 2. The van der Waals surface area contributed by atoms with Gasteiger partial charge in [0.25, 0.3) is 0 Å². The summed E-state index contributed by atoms with van der Waals surface area (Å²) < 4.78 is 5.12. The molecule has 4 nitrogen and oxygen atoms in total. The Kier molecular flexibility index (Phi) is 5.44. The molecule has 0 spiro atoms. The lowest BCUT2D eigenvalue weighted by molar-refractivity contribution is -0.115. The SMILES string of the molecule is COc1ccc(CC(=O)Nc2ccccc2C(=O)c2ccccc2)cc1. The Balaban J connectivity index is 1.75. The van der Waals surface area contributed by atoms with E-state index in [1.807, 2.05) is 42.5 Å². The number of hydrogen-bond acceptors (Lipinski definition) is 3. The van der Waals surface area contributed by atoms with Crippen LogP contribution in [0.1, 0.15) is 21.5 Å². The molecule has 0 aliphatic carbocycles. The maximum Gasteiger partial charge on any atom is 0.228 e. The first-order valence-electron chi connectivity index (χ1n) is 8.29. The molecule has 3 aromatic carbocycles. The molecule has 0 atom stereocenters. The number of methoxy groups -OCH3 is 1. The molecule has 0 unspecified atom stereocenters. The van der Waals surface area contributed by atoms with E-state index in [9.17, 15) is 9.59 Å². The lowest BCUT2D eigenvalue weighted by Gasteiger charge is -2.11. The van der Waals surface area contributed by atoms with E-state index in [1.165, 1.54) is 0 Å². The van der Waals surface area contributed by atoms with Crippen LogP contribution in [0.3, 0.4) is 0 Å². The summed E-state index contributed by atoms with van der Waals surface area (Å²) in [7, 11) is 1.60. The molecule has 0 aliphatic heterocycles. The van der Waals surface area contributed by atoms with Crippen molar-refractivity contribution >= 4 is 17.4 Å². The molecular formula is C22H19NO3. The van der Waals surface area contributed by atoms with Crippen LogP contribution in [0.25, 0.3) is 0 Å². The fraction of sp³-hybridized carbons (Fsp3) is 0.0909. The summed E-state index contributed by atoms with van der Waals surface area (Å²) in [4.78, 5) is 25.1. The molecule has 0 fully saturated rings. The number of ketones is 1. The molecule has 0 aromatic heterocycles. The Labute approximate surface area is 152 Å². The van der Waals surface area contributed by atoms with E-state index in [2.05, 4.69) is 5.32 Å². The number of anilines is 1. The number of rotatable bonds is 6.